The van der Waals surface area contributed by atoms with Crippen LogP contribution in [0.2, 0.25) is 5.02 Å². The van der Waals surface area contributed by atoms with E-state index in [1.807, 2.05) is 24.3 Å². The molecule has 1 N–H and O–H groups in total. The number of rotatable bonds is 3. The van der Waals surface area contributed by atoms with Gasteiger partial charge in [-0.05, 0) is 36.4 Å². The molecule has 0 unspecified atom stereocenters. The summed E-state index contributed by atoms with van der Waals surface area (Å²) in [5.74, 6) is -0.232. The molecule has 0 spiro atoms. The van der Waals surface area contributed by atoms with E-state index < -0.39 is 5.63 Å². The average molecular weight is 376 g/mol. The summed E-state index contributed by atoms with van der Waals surface area (Å²) in [6.07, 6.45) is 0. The van der Waals surface area contributed by atoms with Crippen LogP contribution < -0.4 is 10.9 Å². The molecule has 1 heterocycles. The first-order valence-corrected chi connectivity index (χ1v) is 8.69. The van der Waals surface area contributed by atoms with E-state index in [0.29, 0.717) is 33.0 Å². The minimum atomic E-state index is -0.461. The summed E-state index contributed by atoms with van der Waals surface area (Å²) in [5.41, 5.74) is 2.08. The van der Waals surface area contributed by atoms with Crippen molar-refractivity contribution in [3.8, 4) is 11.1 Å². The van der Waals surface area contributed by atoms with Crippen LogP contribution >= 0.6 is 11.6 Å². The molecule has 4 rings (SSSR count). The molecule has 0 saturated heterocycles. The maximum atomic E-state index is 12.3. The van der Waals surface area contributed by atoms with Crippen LogP contribution in [0.3, 0.4) is 0 Å². The van der Waals surface area contributed by atoms with Gasteiger partial charge in [-0.15, -0.1) is 0 Å². The molecule has 0 radical (unpaired) electrons. The van der Waals surface area contributed by atoms with Crippen molar-refractivity contribution in [2.45, 2.75) is 0 Å². The zero-order valence-corrected chi connectivity index (χ0v) is 14.9. The number of benzene rings is 3. The molecule has 3 aromatic carbocycles. The molecule has 5 heteroatoms. The van der Waals surface area contributed by atoms with Gasteiger partial charge in [-0.25, -0.2) is 4.79 Å². The third-order valence-electron chi connectivity index (χ3n) is 4.19. The Hall–Kier alpha value is -3.37. The quantitative estimate of drug-likeness (QED) is 0.490. The van der Waals surface area contributed by atoms with Gasteiger partial charge in [0.15, 0.2) is 0 Å². The number of carbonyl (C=O) groups excluding carboxylic acids is 1. The zero-order valence-electron chi connectivity index (χ0n) is 14.1. The van der Waals surface area contributed by atoms with Crippen molar-refractivity contribution in [3.05, 3.63) is 99.9 Å². The lowest BCUT2D eigenvalue weighted by Crippen LogP contribution is -2.11. The third-order valence-corrected chi connectivity index (χ3v) is 4.51. The predicted molar refractivity (Wildman–Crippen MR) is 107 cm³/mol. The van der Waals surface area contributed by atoms with Gasteiger partial charge in [-0.1, -0.05) is 54.1 Å². The van der Waals surface area contributed by atoms with Crippen LogP contribution in [-0.2, 0) is 0 Å². The van der Waals surface area contributed by atoms with Crippen molar-refractivity contribution in [3.63, 3.8) is 0 Å². The SMILES string of the molecule is O=C(Nc1ccc(-c2cc3ccccc3oc2=O)c(Cl)c1)c1ccccc1. The molecule has 0 saturated carbocycles. The molecule has 4 aromatic rings. The molecular weight excluding hydrogens is 362 g/mol. The first-order valence-electron chi connectivity index (χ1n) is 8.31. The number of carbonyl (C=O) groups is 1. The molecule has 132 valence electrons. The number of halogens is 1. The minimum Gasteiger partial charge on any atom is -0.422 e. The molecule has 0 aliphatic rings. The molecule has 1 amide bonds. The fourth-order valence-electron chi connectivity index (χ4n) is 2.85. The molecular formula is C22H14ClNO3. The maximum absolute atomic E-state index is 12.3. The Morgan fingerprint density at radius 1 is 0.852 bits per heavy atom. The Bertz CT molecular complexity index is 1200. The van der Waals surface area contributed by atoms with Crippen LogP contribution in [-0.4, -0.2) is 5.91 Å². The Balaban J connectivity index is 1.67. The summed E-state index contributed by atoms with van der Waals surface area (Å²) in [7, 11) is 0. The van der Waals surface area contributed by atoms with Crippen LogP contribution in [0, 0.1) is 0 Å². The van der Waals surface area contributed by atoms with Gasteiger partial charge in [0.05, 0.1) is 10.6 Å². The summed E-state index contributed by atoms with van der Waals surface area (Å²) in [6, 6.07) is 23.0. The Labute approximate surface area is 160 Å². The zero-order chi connectivity index (χ0) is 18.8. The second-order valence-corrected chi connectivity index (χ2v) is 6.41. The lowest BCUT2D eigenvalue weighted by molar-refractivity contribution is 0.102. The Morgan fingerprint density at radius 2 is 1.59 bits per heavy atom. The van der Waals surface area contributed by atoms with E-state index in [1.54, 1.807) is 54.6 Å². The van der Waals surface area contributed by atoms with Crippen molar-refractivity contribution in [2.75, 3.05) is 5.32 Å². The van der Waals surface area contributed by atoms with Gasteiger partial charge in [0.2, 0.25) is 0 Å². The maximum Gasteiger partial charge on any atom is 0.344 e. The fourth-order valence-corrected chi connectivity index (χ4v) is 3.14. The average Bonchev–Trinajstić information content (AvgIpc) is 2.68. The van der Waals surface area contributed by atoms with Crippen LogP contribution in [0.4, 0.5) is 5.69 Å². The van der Waals surface area contributed by atoms with Crippen LogP contribution in [0.5, 0.6) is 0 Å². The number of hydrogen-bond acceptors (Lipinski definition) is 3. The highest BCUT2D eigenvalue weighted by Gasteiger charge is 2.13. The Morgan fingerprint density at radius 3 is 2.37 bits per heavy atom. The minimum absolute atomic E-state index is 0.232. The highest BCUT2D eigenvalue weighted by atomic mass is 35.5. The number of amides is 1. The van der Waals surface area contributed by atoms with E-state index in [4.69, 9.17) is 16.0 Å². The third kappa shape index (κ3) is 3.48. The van der Waals surface area contributed by atoms with Gasteiger partial charge >= 0.3 is 5.63 Å². The Kier molecular flexibility index (Phi) is 4.48. The molecule has 0 bridgehead atoms. The van der Waals surface area contributed by atoms with Gasteiger partial charge in [-0.2, -0.15) is 0 Å². The normalized spacial score (nSPS) is 10.7. The van der Waals surface area contributed by atoms with E-state index in [9.17, 15) is 9.59 Å². The number of para-hydroxylation sites is 1. The van der Waals surface area contributed by atoms with Crippen molar-refractivity contribution >= 4 is 34.2 Å². The smallest absolute Gasteiger partial charge is 0.344 e. The van der Waals surface area contributed by atoms with Gasteiger partial charge in [-0.3, -0.25) is 4.79 Å². The first kappa shape index (κ1) is 17.1. The van der Waals surface area contributed by atoms with Crippen LogP contribution in [0.25, 0.3) is 22.1 Å². The summed E-state index contributed by atoms with van der Waals surface area (Å²) in [4.78, 5) is 24.6. The van der Waals surface area contributed by atoms with Crippen molar-refractivity contribution in [1.82, 2.24) is 0 Å². The predicted octanol–water partition coefficient (Wildman–Crippen LogP) is 5.37. The molecule has 1 aromatic heterocycles. The summed E-state index contributed by atoms with van der Waals surface area (Å²) >= 11 is 6.38. The van der Waals surface area contributed by atoms with Crippen molar-refractivity contribution < 1.29 is 9.21 Å². The number of anilines is 1. The van der Waals surface area contributed by atoms with E-state index in [0.717, 1.165) is 5.39 Å². The molecule has 0 aliphatic carbocycles. The highest BCUT2D eigenvalue weighted by Crippen LogP contribution is 2.30. The largest absolute Gasteiger partial charge is 0.422 e. The van der Waals surface area contributed by atoms with Crippen molar-refractivity contribution in [2.24, 2.45) is 0 Å². The molecule has 0 fully saturated rings. The van der Waals surface area contributed by atoms with Crippen LogP contribution in [0.15, 0.2) is 88.1 Å². The van der Waals surface area contributed by atoms with Crippen molar-refractivity contribution in [1.29, 1.82) is 0 Å². The monoisotopic (exact) mass is 375 g/mol. The van der Waals surface area contributed by atoms with E-state index in [1.165, 1.54) is 0 Å². The van der Waals surface area contributed by atoms with Gasteiger partial charge in [0, 0.05) is 22.2 Å². The molecule has 0 atom stereocenters. The van der Waals surface area contributed by atoms with Gasteiger partial charge < -0.3 is 9.73 Å². The van der Waals surface area contributed by atoms with E-state index in [2.05, 4.69) is 5.32 Å². The first-order chi connectivity index (χ1) is 13.1. The van der Waals surface area contributed by atoms with E-state index in [-0.39, 0.29) is 5.91 Å². The van der Waals surface area contributed by atoms with Gasteiger partial charge in [0.25, 0.3) is 5.91 Å². The lowest BCUT2D eigenvalue weighted by Gasteiger charge is -2.09. The van der Waals surface area contributed by atoms with E-state index >= 15 is 0 Å². The second kappa shape index (κ2) is 7.09. The highest BCUT2D eigenvalue weighted by molar-refractivity contribution is 6.33. The number of hydrogen-bond donors (Lipinski definition) is 1. The summed E-state index contributed by atoms with van der Waals surface area (Å²) in [6.45, 7) is 0. The lowest BCUT2D eigenvalue weighted by atomic mass is 10.1. The van der Waals surface area contributed by atoms with Gasteiger partial charge in [0.1, 0.15) is 5.58 Å². The summed E-state index contributed by atoms with van der Waals surface area (Å²) in [5, 5.41) is 3.96. The molecule has 27 heavy (non-hydrogen) atoms. The number of nitrogens with one attached hydrogen (secondary N) is 1. The summed E-state index contributed by atoms with van der Waals surface area (Å²) < 4.78 is 5.37. The topological polar surface area (TPSA) is 59.3 Å². The number of fused-ring (bicyclic) bond motifs is 1. The molecule has 4 nitrogen and oxygen atoms in total. The molecule has 0 aliphatic heterocycles. The fraction of sp³-hybridized carbons (Fsp3) is 0. The standard InChI is InChI=1S/C22H14ClNO3/c23-19-13-16(24-21(25)14-6-2-1-3-7-14)10-11-17(19)18-12-15-8-4-5-9-20(15)27-22(18)26/h1-13H,(H,24,25). The van der Waals surface area contributed by atoms with Crippen LogP contribution in [0.1, 0.15) is 10.4 Å². The second-order valence-electron chi connectivity index (χ2n) is 6.00.